The maximum absolute atomic E-state index is 13.5. The molecule has 184 valence electrons. The Morgan fingerprint density at radius 1 is 1.29 bits per heavy atom. The predicted octanol–water partition coefficient (Wildman–Crippen LogP) is 2.78. The molecule has 3 heterocycles. The van der Waals surface area contributed by atoms with E-state index in [1.807, 2.05) is 14.0 Å². The van der Waals surface area contributed by atoms with Crippen molar-refractivity contribution in [2.45, 2.75) is 25.8 Å². The molecular weight excluding hydrogens is 471 g/mol. The number of hydrogen-bond donors (Lipinski definition) is 2. The van der Waals surface area contributed by atoms with Gasteiger partial charge in [0.15, 0.2) is 5.82 Å². The number of nitrogens with one attached hydrogen (secondary N) is 1. The highest BCUT2D eigenvalue weighted by atomic mass is 35.5. The standard InChI is InChI=1S/C24H28ClFN8O/c1-15-21(25)29-14-30-24(15)33-10-8-16(9-11-33)20(12-28-2)34-13-19(22(27)35)23(32-34)31-18-5-3-4-17(26)6-7-18/h3-7,13-14,16,20,28H,8-12H2,1-2H3,(H2,27,35). The average Bonchev–Trinajstić information content (AvgIpc) is 3.15. The summed E-state index contributed by atoms with van der Waals surface area (Å²) in [4.78, 5) is 27.3. The van der Waals surface area contributed by atoms with E-state index in [0.29, 0.717) is 23.0 Å². The first-order valence-corrected chi connectivity index (χ1v) is 11.8. The molecule has 1 saturated heterocycles. The number of primary amides is 1. The molecule has 3 aromatic rings. The highest BCUT2D eigenvalue weighted by molar-refractivity contribution is 6.30. The van der Waals surface area contributed by atoms with Crippen LogP contribution < -0.4 is 21.3 Å². The van der Waals surface area contributed by atoms with Crippen molar-refractivity contribution in [3.05, 3.63) is 70.3 Å². The van der Waals surface area contributed by atoms with Gasteiger partial charge in [-0.3, -0.25) is 9.48 Å². The topological polar surface area (TPSA) is 114 Å². The van der Waals surface area contributed by atoms with E-state index >= 15 is 0 Å². The van der Waals surface area contributed by atoms with Crippen LogP contribution in [-0.2, 0) is 0 Å². The molecule has 1 aliphatic rings. The SMILES string of the molecule is CNCC(C1CCN(c2ncnc(Cl)c2C)CC1)n1cc(C(N)=O)c(N=c2cccc(F)cc2)n1. The third-order valence-electron chi connectivity index (χ3n) is 6.28. The molecule has 0 aliphatic carbocycles. The van der Waals surface area contributed by atoms with Gasteiger partial charge in [-0.25, -0.2) is 19.4 Å². The number of rotatable bonds is 7. The number of nitrogens with zero attached hydrogens (tertiary/aromatic N) is 6. The number of anilines is 1. The first-order chi connectivity index (χ1) is 16.9. The second-order valence-corrected chi connectivity index (χ2v) is 8.91. The van der Waals surface area contributed by atoms with E-state index in [0.717, 1.165) is 37.3 Å². The summed E-state index contributed by atoms with van der Waals surface area (Å²) in [5.74, 6) is 0.377. The molecule has 1 fully saturated rings. The van der Waals surface area contributed by atoms with Crippen LogP contribution in [0.4, 0.5) is 16.0 Å². The second kappa shape index (κ2) is 10.9. The zero-order valence-corrected chi connectivity index (χ0v) is 20.4. The van der Waals surface area contributed by atoms with Crippen molar-refractivity contribution in [3.8, 4) is 0 Å². The molecule has 1 atom stereocenters. The van der Waals surface area contributed by atoms with Crippen molar-refractivity contribution < 1.29 is 9.18 Å². The van der Waals surface area contributed by atoms with Crippen LogP contribution in [0.3, 0.4) is 0 Å². The lowest BCUT2D eigenvalue weighted by atomic mass is 9.89. The first kappa shape index (κ1) is 24.7. The molecular formula is C24H28ClFN8O. The molecule has 1 aromatic carbocycles. The summed E-state index contributed by atoms with van der Waals surface area (Å²) in [6.07, 6.45) is 4.95. The summed E-state index contributed by atoms with van der Waals surface area (Å²) in [5.41, 5.74) is 6.73. The minimum absolute atomic E-state index is 0.0105. The molecule has 9 nitrogen and oxygen atoms in total. The lowest BCUT2D eigenvalue weighted by molar-refractivity contribution is 0.100. The summed E-state index contributed by atoms with van der Waals surface area (Å²) in [6, 6.07) is 7.36. The minimum Gasteiger partial charge on any atom is -0.365 e. The van der Waals surface area contributed by atoms with Crippen molar-refractivity contribution in [1.82, 2.24) is 25.1 Å². The molecule has 1 aliphatic heterocycles. The Labute approximate surface area is 207 Å². The molecule has 35 heavy (non-hydrogen) atoms. The Kier molecular flexibility index (Phi) is 7.72. The van der Waals surface area contributed by atoms with E-state index in [9.17, 15) is 9.18 Å². The molecule has 1 unspecified atom stereocenters. The molecule has 4 rings (SSSR count). The maximum atomic E-state index is 13.5. The molecule has 1 amide bonds. The summed E-state index contributed by atoms with van der Waals surface area (Å²) < 4.78 is 15.3. The van der Waals surface area contributed by atoms with Gasteiger partial charge in [0.2, 0.25) is 0 Å². The van der Waals surface area contributed by atoms with E-state index in [-0.39, 0.29) is 23.2 Å². The molecule has 11 heteroatoms. The van der Waals surface area contributed by atoms with Gasteiger partial charge in [-0.15, -0.1) is 0 Å². The Morgan fingerprint density at radius 3 is 2.77 bits per heavy atom. The van der Waals surface area contributed by atoms with Crippen molar-refractivity contribution in [2.75, 3.05) is 31.6 Å². The Bertz CT molecular complexity index is 1270. The highest BCUT2D eigenvalue weighted by Crippen LogP contribution is 2.33. The quantitative estimate of drug-likeness (QED) is 0.484. The molecule has 0 spiro atoms. The third kappa shape index (κ3) is 5.66. The summed E-state index contributed by atoms with van der Waals surface area (Å²) in [5, 5.41) is 8.81. The molecule has 3 N–H and O–H groups in total. The van der Waals surface area contributed by atoms with E-state index in [2.05, 4.69) is 30.3 Å². The predicted molar refractivity (Wildman–Crippen MR) is 132 cm³/mol. The smallest absolute Gasteiger partial charge is 0.254 e. The van der Waals surface area contributed by atoms with Crippen molar-refractivity contribution in [1.29, 1.82) is 0 Å². The molecule has 0 bridgehead atoms. The van der Waals surface area contributed by atoms with Gasteiger partial charge in [-0.2, -0.15) is 5.10 Å². The average molecular weight is 499 g/mol. The van der Waals surface area contributed by atoms with Crippen LogP contribution >= 0.6 is 11.6 Å². The second-order valence-electron chi connectivity index (χ2n) is 8.55. The number of carbonyl (C=O) groups is 1. The molecule has 2 aromatic heterocycles. The normalized spacial score (nSPS) is 15.9. The Hall–Kier alpha value is -3.37. The van der Waals surface area contributed by atoms with Crippen molar-refractivity contribution in [3.63, 3.8) is 0 Å². The van der Waals surface area contributed by atoms with Crippen LogP contribution in [-0.4, -0.2) is 52.3 Å². The van der Waals surface area contributed by atoms with Gasteiger partial charge < -0.3 is 16.0 Å². The van der Waals surface area contributed by atoms with Gasteiger partial charge in [0.05, 0.1) is 11.4 Å². The van der Waals surface area contributed by atoms with E-state index in [1.54, 1.807) is 23.0 Å². The fourth-order valence-corrected chi connectivity index (χ4v) is 4.57. The van der Waals surface area contributed by atoms with Crippen LogP contribution in [0.2, 0.25) is 5.15 Å². The van der Waals surface area contributed by atoms with E-state index in [1.165, 1.54) is 24.5 Å². The Morgan fingerprint density at radius 2 is 2.06 bits per heavy atom. The number of carbonyl (C=O) groups excluding carboxylic acids is 1. The van der Waals surface area contributed by atoms with Gasteiger partial charge in [0.1, 0.15) is 28.7 Å². The van der Waals surface area contributed by atoms with Gasteiger partial charge in [0.25, 0.3) is 5.91 Å². The fraction of sp³-hybridized carbons (Fsp3) is 0.375. The number of nitrogens with two attached hydrogens (primary N) is 1. The van der Waals surface area contributed by atoms with Gasteiger partial charge in [0, 0.05) is 31.4 Å². The van der Waals surface area contributed by atoms with Crippen LogP contribution in [0.15, 0.2) is 47.8 Å². The largest absolute Gasteiger partial charge is 0.365 e. The highest BCUT2D eigenvalue weighted by Gasteiger charge is 2.30. The van der Waals surface area contributed by atoms with Crippen LogP contribution in [0.1, 0.15) is 34.8 Å². The van der Waals surface area contributed by atoms with Crippen LogP contribution in [0, 0.1) is 18.7 Å². The third-order valence-corrected chi connectivity index (χ3v) is 6.66. The fourth-order valence-electron chi connectivity index (χ4n) is 4.44. The summed E-state index contributed by atoms with van der Waals surface area (Å²) >= 11 is 6.19. The monoisotopic (exact) mass is 498 g/mol. The van der Waals surface area contributed by atoms with E-state index in [4.69, 9.17) is 17.3 Å². The number of halogens is 2. The zero-order chi connectivity index (χ0) is 24.9. The lowest BCUT2D eigenvalue weighted by Crippen LogP contribution is -2.40. The first-order valence-electron chi connectivity index (χ1n) is 11.4. The van der Waals surface area contributed by atoms with Gasteiger partial charge in [-0.05, 0) is 57.0 Å². The maximum Gasteiger partial charge on any atom is 0.254 e. The summed E-state index contributed by atoms with van der Waals surface area (Å²) in [7, 11) is 1.89. The van der Waals surface area contributed by atoms with E-state index < -0.39 is 5.91 Å². The summed E-state index contributed by atoms with van der Waals surface area (Å²) in [6.45, 7) is 4.21. The van der Waals surface area contributed by atoms with Gasteiger partial charge >= 0.3 is 0 Å². The number of hydrogen-bond acceptors (Lipinski definition) is 7. The van der Waals surface area contributed by atoms with Crippen molar-refractivity contribution in [2.24, 2.45) is 16.6 Å². The van der Waals surface area contributed by atoms with Crippen LogP contribution in [0.25, 0.3) is 0 Å². The number of aromatic nitrogens is 4. The minimum atomic E-state index is -0.615. The number of amides is 1. The van der Waals surface area contributed by atoms with Gasteiger partial charge in [-0.1, -0.05) is 17.7 Å². The molecule has 0 radical (unpaired) electrons. The number of piperidine rings is 1. The molecule has 0 saturated carbocycles. The van der Waals surface area contributed by atoms with Crippen LogP contribution in [0.5, 0.6) is 0 Å². The lowest BCUT2D eigenvalue weighted by Gasteiger charge is -2.37. The zero-order valence-electron chi connectivity index (χ0n) is 19.7. The Balaban J connectivity index is 1.60. The number of likely N-dealkylation sites (N-methyl/N-ethyl adjacent to an activating group) is 1. The van der Waals surface area contributed by atoms with Crippen molar-refractivity contribution >= 4 is 29.1 Å².